The van der Waals surface area contributed by atoms with Gasteiger partial charge in [0.1, 0.15) is 0 Å². The van der Waals surface area contributed by atoms with Crippen LogP contribution in [0.3, 0.4) is 0 Å². The number of allylic oxidation sites excluding steroid dienone is 1. The summed E-state index contributed by atoms with van der Waals surface area (Å²) in [7, 11) is 0. The van der Waals surface area contributed by atoms with Gasteiger partial charge in [-0.05, 0) is 86.0 Å². The molecule has 0 aromatic carbocycles. The molecule has 3 fully saturated rings. The van der Waals surface area contributed by atoms with Gasteiger partial charge >= 0.3 is 5.97 Å². The summed E-state index contributed by atoms with van der Waals surface area (Å²) < 4.78 is 5.25. The summed E-state index contributed by atoms with van der Waals surface area (Å²) in [6.45, 7) is 6.85. The first-order chi connectivity index (χ1) is 18.2. The van der Waals surface area contributed by atoms with Gasteiger partial charge in [-0.15, -0.1) is 0 Å². The topological polar surface area (TPSA) is 80.7 Å². The lowest BCUT2D eigenvalue weighted by atomic mass is 9.46. The second-order valence-corrected chi connectivity index (χ2v) is 13.5. The number of rotatable bonds is 13. The van der Waals surface area contributed by atoms with Crippen LogP contribution in [0.5, 0.6) is 0 Å². The highest BCUT2D eigenvalue weighted by atomic mass is 16.6. The van der Waals surface area contributed by atoms with Crippen LogP contribution in [0.15, 0.2) is 11.6 Å². The Balaban J connectivity index is 1.25. The highest BCUT2D eigenvalue weighted by molar-refractivity contribution is 5.91. The molecule has 4 aliphatic carbocycles. The molecule has 38 heavy (non-hydrogen) atoms. The second kappa shape index (κ2) is 12.8. The van der Waals surface area contributed by atoms with Crippen molar-refractivity contribution >= 4 is 17.5 Å². The average Bonchev–Trinajstić information content (AvgIpc) is 3.24. The molecule has 4 rings (SSSR count). The van der Waals surface area contributed by atoms with E-state index in [0.29, 0.717) is 24.2 Å². The van der Waals surface area contributed by atoms with Gasteiger partial charge in [-0.1, -0.05) is 77.7 Å². The Labute approximate surface area is 230 Å². The molecule has 1 N–H and O–H groups in total. The normalized spacial score (nSPS) is 35.1. The van der Waals surface area contributed by atoms with Gasteiger partial charge in [0.25, 0.3) is 6.29 Å². The number of aliphatic hydroxyl groups excluding tert-OH is 1. The number of hydrogen-bond donors (Lipinski definition) is 1. The van der Waals surface area contributed by atoms with Crippen LogP contribution in [0.4, 0.5) is 0 Å². The zero-order valence-electron chi connectivity index (χ0n) is 24.3. The Morgan fingerprint density at radius 1 is 0.921 bits per heavy atom. The minimum atomic E-state index is -1.64. The van der Waals surface area contributed by atoms with Gasteiger partial charge in [-0.25, -0.2) is 0 Å². The number of aliphatic hydroxyl groups is 1. The second-order valence-electron chi connectivity index (χ2n) is 13.5. The standard InChI is InChI=1S/C33H52O5/c1-4-5-6-7-8-9-10-11-12-13-29(35)38-31(37)30(36)28-17-16-26-25-15-14-23-22-24(34)18-20-32(23,2)27(25)19-21-33(26,28)3/h22,25-28,31,37H,4-21H2,1-3H3/t25-,26-,27-,28+,31?,32-,33-/m0/s1. The maximum absolute atomic E-state index is 13.4. The van der Waals surface area contributed by atoms with Crippen molar-refractivity contribution in [2.45, 2.75) is 143 Å². The first-order valence-corrected chi connectivity index (χ1v) is 15.9. The van der Waals surface area contributed by atoms with Gasteiger partial charge in [-0.2, -0.15) is 0 Å². The van der Waals surface area contributed by atoms with Crippen LogP contribution in [0.1, 0.15) is 136 Å². The number of ether oxygens (including phenoxy) is 1. The fourth-order valence-corrected chi connectivity index (χ4v) is 9.02. The van der Waals surface area contributed by atoms with E-state index in [1.54, 1.807) is 0 Å². The average molecular weight is 529 g/mol. The Hall–Kier alpha value is -1.49. The van der Waals surface area contributed by atoms with E-state index < -0.39 is 12.3 Å². The summed E-state index contributed by atoms with van der Waals surface area (Å²) in [6, 6.07) is 0. The number of carbonyl (C=O) groups is 3. The number of Topliss-reactive ketones (excluding diaryl/α,β-unsaturated/α-hetero) is 1. The molecule has 3 saturated carbocycles. The first-order valence-electron chi connectivity index (χ1n) is 15.9. The summed E-state index contributed by atoms with van der Waals surface area (Å²) in [5.41, 5.74) is 1.33. The molecule has 0 aromatic heterocycles. The van der Waals surface area contributed by atoms with Crippen LogP contribution >= 0.6 is 0 Å². The van der Waals surface area contributed by atoms with Crippen molar-refractivity contribution in [2.24, 2.45) is 34.5 Å². The number of carbonyl (C=O) groups excluding carboxylic acids is 3. The first kappa shape index (κ1) is 29.5. The van der Waals surface area contributed by atoms with Crippen LogP contribution in [0.2, 0.25) is 0 Å². The van der Waals surface area contributed by atoms with E-state index in [1.165, 1.54) is 44.1 Å². The quantitative estimate of drug-likeness (QED) is 0.152. The van der Waals surface area contributed by atoms with Gasteiger partial charge < -0.3 is 9.84 Å². The van der Waals surface area contributed by atoms with Gasteiger partial charge in [-0.3, -0.25) is 14.4 Å². The molecule has 1 unspecified atom stereocenters. The molecule has 5 heteroatoms. The van der Waals surface area contributed by atoms with E-state index in [9.17, 15) is 19.5 Å². The fraction of sp³-hybridized carbons (Fsp3) is 0.848. The van der Waals surface area contributed by atoms with Crippen LogP contribution in [0.25, 0.3) is 0 Å². The third-order valence-corrected chi connectivity index (χ3v) is 11.3. The van der Waals surface area contributed by atoms with Crippen molar-refractivity contribution in [3.63, 3.8) is 0 Å². The highest BCUT2D eigenvalue weighted by Gasteiger charge is 2.60. The number of hydrogen-bond acceptors (Lipinski definition) is 5. The van der Waals surface area contributed by atoms with Crippen molar-refractivity contribution in [1.82, 2.24) is 0 Å². The summed E-state index contributed by atoms with van der Waals surface area (Å²) in [5, 5.41) is 10.6. The number of ketones is 2. The zero-order chi connectivity index (χ0) is 27.3. The molecule has 0 heterocycles. The van der Waals surface area contributed by atoms with E-state index in [1.807, 2.05) is 6.08 Å². The monoisotopic (exact) mass is 528 g/mol. The lowest BCUT2D eigenvalue weighted by Crippen LogP contribution is -2.51. The molecular formula is C33H52O5. The maximum Gasteiger partial charge on any atom is 0.308 e. The molecule has 0 amide bonds. The number of fused-ring (bicyclic) bond motifs is 5. The van der Waals surface area contributed by atoms with Crippen LogP contribution < -0.4 is 0 Å². The van der Waals surface area contributed by atoms with Gasteiger partial charge in [0, 0.05) is 18.8 Å². The van der Waals surface area contributed by atoms with Crippen molar-refractivity contribution < 1.29 is 24.2 Å². The predicted molar refractivity (Wildman–Crippen MR) is 149 cm³/mol. The molecular weight excluding hydrogens is 476 g/mol. The molecule has 0 spiro atoms. The Bertz CT molecular complexity index is 892. The summed E-state index contributed by atoms with van der Waals surface area (Å²) in [6.07, 6.45) is 18.6. The largest absolute Gasteiger partial charge is 0.428 e. The molecule has 214 valence electrons. The zero-order valence-corrected chi connectivity index (χ0v) is 24.3. The van der Waals surface area contributed by atoms with E-state index in [0.717, 1.165) is 64.2 Å². The third kappa shape index (κ3) is 6.13. The lowest BCUT2D eigenvalue weighted by molar-refractivity contribution is -0.180. The molecule has 0 aliphatic heterocycles. The molecule has 0 saturated heterocycles. The van der Waals surface area contributed by atoms with Gasteiger partial charge in [0.15, 0.2) is 5.78 Å². The Morgan fingerprint density at radius 3 is 2.32 bits per heavy atom. The smallest absolute Gasteiger partial charge is 0.308 e. The number of esters is 1. The maximum atomic E-state index is 13.4. The molecule has 0 radical (unpaired) electrons. The van der Waals surface area contributed by atoms with Gasteiger partial charge in [0.2, 0.25) is 5.78 Å². The van der Waals surface area contributed by atoms with Crippen molar-refractivity contribution in [2.75, 3.05) is 0 Å². The predicted octanol–water partition coefficient (Wildman–Crippen LogP) is 7.49. The van der Waals surface area contributed by atoms with E-state index in [-0.39, 0.29) is 34.7 Å². The van der Waals surface area contributed by atoms with Crippen molar-refractivity contribution in [3.8, 4) is 0 Å². The molecule has 7 atom stereocenters. The Kier molecular flexibility index (Phi) is 9.92. The third-order valence-electron chi connectivity index (χ3n) is 11.3. The molecule has 5 nitrogen and oxygen atoms in total. The molecule has 0 bridgehead atoms. The SMILES string of the molecule is CCCCCCCCCCCC(=O)OC(O)C(=O)[C@H]1CC[C@H]2[C@@H]3CCC4=CC(=O)CC[C@]4(C)[C@H]3CC[C@]12C. The minimum absolute atomic E-state index is 0.115. The number of unbranched alkanes of at least 4 members (excludes halogenated alkanes) is 8. The Morgan fingerprint density at radius 2 is 1.61 bits per heavy atom. The van der Waals surface area contributed by atoms with E-state index in [2.05, 4.69) is 20.8 Å². The van der Waals surface area contributed by atoms with E-state index in [4.69, 9.17) is 4.74 Å². The van der Waals surface area contributed by atoms with Gasteiger partial charge in [0.05, 0.1) is 0 Å². The molecule has 0 aromatic rings. The molecule has 4 aliphatic rings. The summed E-state index contributed by atoms with van der Waals surface area (Å²) in [4.78, 5) is 37.8. The van der Waals surface area contributed by atoms with Crippen molar-refractivity contribution in [1.29, 1.82) is 0 Å². The van der Waals surface area contributed by atoms with E-state index >= 15 is 0 Å². The van der Waals surface area contributed by atoms with Crippen LogP contribution in [0, 0.1) is 34.5 Å². The summed E-state index contributed by atoms with van der Waals surface area (Å²) in [5.74, 6) is 0.875. The highest BCUT2D eigenvalue weighted by Crippen LogP contribution is 2.66. The minimum Gasteiger partial charge on any atom is -0.428 e. The lowest BCUT2D eigenvalue weighted by Gasteiger charge is -2.58. The fourth-order valence-electron chi connectivity index (χ4n) is 9.02. The van der Waals surface area contributed by atoms with Crippen LogP contribution in [-0.4, -0.2) is 28.9 Å². The summed E-state index contributed by atoms with van der Waals surface area (Å²) >= 11 is 0. The van der Waals surface area contributed by atoms with Crippen molar-refractivity contribution in [3.05, 3.63) is 11.6 Å². The van der Waals surface area contributed by atoms with Crippen LogP contribution in [-0.2, 0) is 19.1 Å².